The maximum absolute atomic E-state index is 12.1. The van der Waals surface area contributed by atoms with Crippen molar-refractivity contribution in [3.05, 3.63) is 53.7 Å². The number of rotatable bonds is 6. The molecule has 33 heavy (non-hydrogen) atoms. The van der Waals surface area contributed by atoms with Gasteiger partial charge in [0.2, 0.25) is 0 Å². The molecule has 9 nitrogen and oxygen atoms in total. The number of hydrogen-bond donors (Lipinski definition) is 3. The van der Waals surface area contributed by atoms with Gasteiger partial charge >= 0.3 is 0 Å². The Hall–Kier alpha value is -3.17. The first-order valence-electron chi connectivity index (χ1n) is 11.1. The van der Waals surface area contributed by atoms with Crippen LogP contribution in [0.2, 0.25) is 0 Å². The second kappa shape index (κ2) is 15.6. The Kier molecular flexibility index (Phi) is 13.2. The number of carbonyl (C=O) groups excluding carboxylic acids is 2. The third-order valence-corrected chi connectivity index (χ3v) is 4.74. The molecule has 1 aliphatic heterocycles. The Bertz CT molecular complexity index is 856. The molecule has 1 fully saturated rings. The summed E-state index contributed by atoms with van der Waals surface area (Å²) < 4.78 is 5.21. The lowest BCUT2D eigenvalue weighted by molar-refractivity contribution is 0.0303. The molecular weight excluding hydrogens is 422 g/mol. The number of hydrogen-bond acceptors (Lipinski definition) is 7. The molecule has 182 valence electrons. The molecule has 2 amide bonds. The van der Waals surface area contributed by atoms with E-state index in [0.29, 0.717) is 49.8 Å². The van der Waals surface area contributed by atoms with Crippen molar-refractivity contribution in [2.75, 3.05) is 71.2 Å². The van der Waals surface area contributed by atoms with E-state index >= 15 is 0 Å². The molecule has 2 heterocycles. The van der Waals surface area contributed by atoms with Gasteiger partial charge in [0.15, 0.2) is 0 Å². The van der Waals surface area contributed by atoms with Gasteiger partial charge in [0, 0.05) is 63.8 Å². The highest BCUT2D eigenvalue weighted by Gasteiger charge is 2.18. The minimum Gasteiger partial charge on any atom is -0.395 e. The van der Waals surface area contributed by atoms with E-state index in [0.717, 1.165) is 5.69 Å². The fourth-order valence-corrected chi connectivity index (χ4v) is 2.93. The Morgan fingerprint density at radius 1 is 1.09 bits per heavy atom. The van der Waals surface area contributed by atoms with Crippen LogP contribution in [0.3, 0.4) is 0 Å². The lowest BCUT2D eigenvalue weighted by Gasteiger charge is -2.26. The zero-order valence-corrected chi connectivity index (χ0v) is 20.3. The van der Waals surface area contributed by atoms with Crippen molar-refractivity contribution in [1.29, 1.82) is 0 Å². The maximum Gasteiger partial charge on any atom is 0.254 e. The third-order valence-electron chi connectivity index (χ3n) is 4.74. The predicted molar refractivity (Wildman–Crippen MR) is 132 cm³/mol. The molecule has 0 saturated carbocycles. The molecule has 0 aliphatic carbocycles. The van der Waals surface area contributed by atoms with Crippen molar-refractivity contribution in [3.8, 4) is 0 Å². The van der Waals surface area contributed by atoms with Crippen LogP contribution in [0.5, 0.6) is 0 Å². The zero-order chi connectivity index (χ0) is 24.6. The lowest BCUT2D eigenvalue weighted by atomic mass is 10.2. The fourth-order valence-electron chi connectivity index (χ4n) is 2.93. The summed E-state index contributed by atoms with van der Waals surface area (Å²) in [4.78, 5) is 31.2. The van der Waals surface area contributed by atoms with Crippen LogP contribution in [0.4, 0.5) is 11.5 Å². The zero-order valence-electron chi connectivity index (χ0n) is 20.3. The summed E-state index contributed by atoms with van der Waals surface area (Å²) in [5.74, 6) is 0.669. The average molecular weight is 460 g/mol. The summed E-state index contributed by atoms with van der Waals surface area (Å²) in [6.45, 7) is 6.90. The van der Waals surface area contributed by atoms with E-state index in [2.05, 4.69) is 15.6 Å². The molecule has 9 heteroatoms. The molecule has 1 aliphatic rings. The van der Waals surface area contributed by atoms with E-state index in [1.54, 1.807) is 56.5 Å². The number of nitrogens with one attached hydrogen (secondary N) is 2. The topological polar surface area (TPSA) is 107 Å². The predicted octanol–water partition coefficient (Wildman–Crippen LogP) is 2.41. The van der Waals surface area contributed by atoms with Gasteiger partial charge in [-0.25, -0.2) is 4.98 Å². The summed E-state index contributed by atoms with van der Waals surface area (Å²) in [5.41, 5.74) is 2.19. The largest absolute Gasteiger partial charge is 0.395 e. The van der Waals surface area contributed by atoms with Crippen LogP contribution in [0.15, 0.2) is 42.6 Å². The van der Waals surface area contributed by atoms with Crippen molar-refractivity contribution in [3.63, 3.8) is 0 Å². The fraction of sp³-hybridized carbons (Fsp3) is 0.458. The number of nitrogens with zero attached hydrogens (tertiary/aromatic N) is 3. The molecule has 0 bridgehead atoms. The monoisotopic (exact) mass is 459 g/mol. The number of benzene rings is 1. The molecule has 0 atom stereocenters. The van der Waals surface area contributed by atoms with Crippen LogP contribution in [-0.2, 0) is 4.74 Å². The van der Waals surface area contributed by atoms with Gasteiger partial charge in [0.1, 0.15) is 5.82 Å². The van der Waals surface area contributed by atoms with Gasteiger partial charge in [0.05, 0.1) is 19.8 Å². The van der Waals surface area contributed by atoms with Gasteiger partial charge < -0.3 is 30.3 Å². The first-order chi connectivity index (χ1) is 16.0. The molecule has 0 unspecified atom stereocenters. The van der Waals surface area contributed by atoms with E-state index < -0.39 is 0 Å². The second-order valence-corrected chi connectivity index (χ2v) is 6.87. The van der Waals surface area contributed by atoms with Gasteiger partial charge in [0.25, 0.3) is 11.8 Å². The number of amides is 2. The van der Waals surface area contributed by atoms with Crippen LogP contribution in [0, 0.1) is 0 Å². The number of likely N-dealkylation sites (N-methyl/N-ethyl adjacent to an activating group) is 1. The molecular formula is C24H37N5O4. The number of pyridine rings is 1. The van der Waals surface area contributed by atoms with Crippen LogP contribution in [0.1, 0.15) is 34.6 Å². The standard InChI is InChI=1S/C11H15N3O2.C11H16N2O2.C2H6/c1-12-10-8-9(2-3-13-10)11(15)14-4-6-16-7-5-14;1-12-10-5-3-4-9(8-10)11(15)13(2)6-7-14;1-2/h2-3,8H,4-7H2,1H3,(H,12,13);3-5,8,12,14H,6-7H2,1-2H3;1-2H3. The van der Waals surface area contributed by atoms with Gasteiger partial charge in [-0.15, -0.1) is 0 Å². The highest BCUT2D eigenvalue weighted by molar-refractivity contribution is 5.95. The number of aliphatic hydroxyl groups is 1. The smallest absolute Gasteiger partial charge is 0.254 e. The van der Waals surface area contributed by atoms with Crippen molar-refractivity contribution in [1.82, 2.24) is 14.8 Å². The van der Waals surface area contributed by atoms with Gasteiger partial charge in [-0.2, -0.15) is 0 Å². The first-order valence-corrected chi connectivity index (χ1v) is 11.1. The number of morpholine rings is 1. The summed E-state index contributed by atoms with van der Waals surface area (Å²) in [7, 11) is 5.26. The molecule has 0 spiro atoms. The van der Waals surface area contributed by atoms with Crippen LogP contribution in [-0.4, -0.2) is 92.3 Å². The van der Waals surface area contributed by atoms with E-state index in [9.17, 15) is 9.59 Å². The van der Waals surface area contributed by atoms with Gasteiger partial charge in [-0.1, -0.05) is 19.9 Å². The van der Waals surface area contributed by atoms with Crippen molar-refractivity contribution >= 4 is 23.3 Å². The Labute approximate surface area is 196 Å². The van der Waals surface area contributed by atoms with Crippen molar-refractivity contribution < 1.29 is 19.4 Å². The summed E-state index contributed by atoms with van der Waals surface area (Å²) >= 11 is 0. The first kappa shape index (κ1) is 27.9. The van der Waals surface area contributed by atoms with Gasteiger partial charge in [-0.3, -0.25) is 9.59 Å². The number of carbonyl (C=O) groups is 2. The highest BCUT2D eigenvalue weighted by atomic mass is 16.5. The van der Waals surface area contributed by atoms with Crippen molar-refractivity contribution in [2.24, 2.45) is 0 Å². The third kappa shape index (κ3) is 9.07. The van der Waals surface area contributed by atoms with Crippen LogP contribution >= 0.6 is 0 Å². The Morgan fingerprint density at radius 3 is 2.39 bits per heavy atom. The number of ether oxygens (including phenoxy) is 1. The minimum absolute atomic E-state index is 0.0199. The molecule has 3 N–H and O–H groups in total. The molecule has 1 saturated heterocycles. The van der Waals surface area contributed by atoms with Crippen LogP contribution < -0.4 is 10.6 Å². The van der Waals surface area contributed by atoms with E-state index in [1.165, 1.54) is 4.90 Å². The summed E-state index contributed by atoms with van der Waals surface area (Å²) in [6.07, 6.45) is 1.64. The maximum atomic E-state index is 12.1. The van der Waals surface area contributed by atoms with Gasteiger partial charge in [-0.05, 0) is 30.3 Å². The van der Waals surface area contributed by atoms with Crippen molar-refractivity contribution in [2.45, 2.75) is 13.8 Å². The Morgan fingerprint density at radius 2 is 1.79 bits per heavy atom. The molecule has 0 radical (unpaired) electrons. The lowest BCUT2D eigenvalue weighted by Crippen LogP contribution is -2.40. The number of aliphatic hydroxyl groups excluding tert-OH is 1. The summed E-state index contributed by atoms with van der Waals surface area (Å²) in [6, 6.07) is 10.8. The van der Waals surface area contributed by atoms with Crippen LogP contribution in [0.25, 0.3) is 0 Å². The van der Waals surface area contributed by atoms with E-state index in [4.69, 9.17) is 9.84 Å². The summed E-state index contributed by atoms with van der Waals surface area (Å²) in [5, 5.41) is 14.6. The number of anilines is 2. The highest BCUT2D eigenvalue weighted by Crippen LogP contribution is 2.12. The van der Waals surface area contributed by atoms with E-state index in [1.807, 2.05) is 26.0 Å². The molecule has 2 aromatic rings. The molecule has 1 aromatic carbocycles. The minimum atomic E-state index is -0.0823. The SMILES string of the molecule is CC.CNc1cc(C(=O)N2CCOCC2)ccn1.CNc1cccc(C(=O)N(C)CCO)c1. The normalized spacial score (nSPS) is 12.4. The molecule has 3 rings (SSSR count). The average Bonchev–Trinajstić information content (AvgIpc) is 2.90. The number of aromatic nitrogens is 1. The Balaban J connectivity index is 0.000000308. The molecule has 1 aromatic heterocycles. The quantitative estimate of drug-likeness (QED) is 0.609. The van der Waals surface area contributed by atoms with E-state index in [-0.39, 0.29) is 18.4 Å². The second-order valence-electron chi connectivity index (χ2n) is 6.87.